The fraction of sp³-hybridized carbons (Fsp3) is 0.364. The number of benzene rings is 2. The van der Waals surface area contributed by atoms with Crippen LogP contribution in [0.3, 0.4) is 0 Å². The maximum Gasteiger partial charge on any atom is 0.255 e. The Morgan fingerprint density at radius 1 is 0.852 bits per heavy atom. The minimum Gasteiger partial charge on any atom is -0.490 e. The molecule has 0 heterocycles. The molecule has 2 aromatic rings. The van der Waals surface area contributed by atoms with Crippen molar-refractivity contribution in [1.29, 1.82) is 0 Å². The first-order valence-electron chi connectivity index (χ1n) is 9.66. The van der Waals surface area contributed by atoms with E-state index >= 15 is 0 Å². The fourth-order valence-corrected chi connectivity index (χ4v) is 3.34. The predicted octanol–water partition coefficient (Wildman–Crippen LogP) is 4.61. The zero-order valence-electron chi connectivity index (χ0n) is 15.2. The summed E-state index contributed by atoms with van der Waals surface area (Å²) in [5, 5.41) is 5.78. The number of hydrogen-bond acceptors (Lipinski definition) is 3. The zero-order chi connectivity index (χ0) is 18.6. The topological polar surface area (TPSA) is 67.4 Å². The second-order valence-corrected chi connectivity index (χ2v) is 7.35. The van der Waals surface area contributed by atoms with Crippen LogP contribution in [0.2, 0.25) is 0 Å². The van der Waals surface area contributed by atoms with Crippen LogP contribution in [0.25, 0.3) is 0 Å². The van der Waals surface area contributed by atoms with Crippen molar-refractivity contribution in [2.24, 2.45) is 5.92 Å². The van der Waals surface area contributed by atoms with Crippen molar-refractivity contribution in [3.05, 3.63) is 54.1 Å². The highest BCUT2D eigenvalue weighted by atomic mass is 16.5. The molecule has 2 aliphatic carbocycles. The molecule has 2 aliphatic rings. The van der Waals surface area contributed by atoms with E-state index in [1.165, 1.54) is 12.8 Å². The van der Waals surface area contributed by atoms with Crippen LogP contribution in [0.1, 0.15) is 48.9 Å². The summed E-state index contributed by atoms with van der Waals surface area (Å²) >= 11 is 0. The Balaban J connectivity index is 1.36. The summed E-state index contributed by atoms with van der Waals surface area (Å²) in [5.74, 6) is 0.823. The zero-order valence-corrected chi connectivity index (χ0v) is 15.2. The minimum absolute atomic E-state index is 0.0614. The lowest BCUT2D eigenvalue weighted by Crippen LogP contribution is -2.15. The van der Waals surface area contributed by atoms with Crippen molar-refractivity contribution >= 4 is 23.2 Å². The van der Waals surface area contributed by atoms with Gasteiger partial charge in [0.2, 0.25) is 5.91 Å². The Kier molecular flexibility index (Phi) is 5.10. The molecule has 5 heteroatoms. The van der Waals surface area contributed by atoms with Crippen molar-refractivity contribution in [1.82, 2.24) is 0 Å². The van der Waals surface area contributed by atoms with Crippen molar-refractivity contribution in [3.63, 3.8) is 0 Å². The van der Waals surface area contributed by atoms with Crippen LogP contribution in [0.5, 0.6) is 5.75 Å². The molecule has 0 bridgehead atoms. The Labute approximate surface area is 159 Å². The summed E-state index contributed by atoms with van der Waals surface area (Å²) < 4.78 is 5.99. The van der Waals surface area contributed by atoms with E-state index in [9.17, 15) is 9.59 Å². The summed E-state index contributed by atoms with van der Waals surface area (Å²) in [4.78, 5) is 24.3. The smallest absolute Gasteiger partial charge is 0.255 e. The molecule has 0 saturated heterocycles. The highest BCUT2D eigenvalue weighted by molar-refractivity contribution is 6.04. The summed E-state index contributed by atoms with van der Waals surface area (Å²) in [6.07, 6.45) is 6.86. The molecule has 0 unspecified atom stereocenters. The number of rotatable bonds is 6. The van der Waals surface area contributed by atoms with Crippen molar-refractivity contribution < 1.29 is 14.3 Å². The molecule has 2 amide bonds. The third kappa shape index (κ3) is 4.67. The number of carbonyl (C=O) groups excluding carboxylic acids is 2. The van der Waals surface area contributed by atoms with Gasteiger partial charge in [-0.15, -0.1) is 0 Å². The third-order valence-corrected chi connectivity index (χ3v) is 5.06. The molecule has 2 saturated carbocycles. The maximum atomic E-state index is 12.5. The van der Waals surface area contributed by atoms with Gasteiger partial charge in [0.25, 0.3) is 5.91 Å². The molecule has 2 aromatic carbocycles. The van der Waals surface area contributed by atoms with Gasteiger partial charge in [0.15, 0.2) is 0 Å². The van der Waals surface area contributed by atoms with Gasteiger partial charge in [-0.25, -0.2) is 0 Å². The second-order valence-electron chi connectivity index (χ2n) is 7.35. The molecule has 5 nitrogen and oxygen atoms in total. The molecule has 0 radical (unpaired) electrons. The number of anilines is 2. The van der Waals surface area contributed by atoms with Crippen LogP contribution in [0.15, 0.2) is 48.5 Å². The molecule has 27 heavy (non-hydrogen) atoms. The molecule has 4 rings (SSSR count). The van der Waals surface area contributed by atoms with E-state index < -0.39 is 0 Å². The van der Waals surface area contributed by atoms with Gasteiger partial charge < -0.3 is 15.4 Å². The fourth-order valence-electron chi connectivity index (χ4n) is 3.34. The molecule has 0 spiro atoms. The van der Waals surface area contributed by atoms with Crippen LogP contribution in [-0.4, -0.2) is 17.9 Å². The number of nitrogens with one attached hydrogen (secondary N) is 2. The summed E-state index contributed by atoms with van der Waals surface area (Å²) in [6.45, 7) is 0. The molecule has 0 aliphatic heterocycles. The number of ether oxygens (including phenoxy) is 1. The van der Waals surface area contributed by atoms with Gasteiger partial charge in [-0.1, -0.05) is 6.07 Å². The van der Waals surface area contributed by atoms with Gasteiger partial charge in [-0.2, -0.15) is 0 Å². The largest absolute Gasteiger partial charge is 0.490 e. The highest BCUT2D eigenvalue weighted by Gasteiger charge is 2.29. The van der Waals surface area contributed by atoms with Crippen LogP contribution < -0.4 is 15.4 Å². The molecule has 0 atom stereocenters. The number of carbonyl (C=O) groups is 2. The van der Waals surface area contributed by atoms with Crippen LogP contribution >= 0.6 is 0 Å². The summed E-state index contributed by atoms with van der Waals surface area (Å²) in [7, 11) is 0. The van der Waals surface area contributed by atoms with Crippen LogP contribution in [-0.2, 0) is 4.79 Å². The first-order valence-corrected chi connectivity index (χ1v) is 9.66. The summed E-state index contributed by atoms with van der Waals surface area (Å²) in [5.41, 5.74) is 1.97. The molecular formula is C22H24N2O3. The van der Waals surface area contributed by atoms with Crippen molar-refractivity contribution in [3.8, 4) is 5.75 Å². The normalized spacial score (nSPS) is 16.7. The lowest BCUT2D eigenvalue weighted by atomic mass is 10.2. The molecule has 2 fully saturated rings. The van der Waals surface area contributed by atoms with Gasteiger partial charge in [0.1, 0.15) is 5.75 Å². The van der Waals surface area contributed by atoms with Gasteiger partial charge in [0, 0.05) is 28.9 Å². The SMILES string of the molecule is O=C(Nc1cccc(OC2CCCC2)c1)c1ccc(NC(=O)C2CC2)cc1. The van der Waals surface area contributed by atoms with E-state index in [-0.39, 0.29) is 23.8 Å². The van der Waals surface area contributed by atoms with E-state index in [0.29, 0.717) is 11.3 Å². The Hall–Kier alpha value is -2.82. The molecule has 140 valence electrons. The molecular weight excluding hydrogens is 340 g/mol. The Bertz CT molecular complexity index is 822. The highest BCUT2D eigenvalue weighted by Crippen LogP contribution is 2.30. The first kappa shape index (κ1) is 17.6. The van der Waals surface area contributed by atoms with Crippen LogP contribution in [0.4, 0.5) is 11.4 Å². The molecule has 0 aromatic heterocycles. The van der Waals surface area contributed by atoms with Gasteiger partial charge >= 0.3 is 0 Å². The van der Waals surface area contributed by atoms with E-state index in [4.69, 9.17) is 4.74 Å². The van der Waals surface area contributed by atoms with Gasteiger partial charge in [0.05, 0.1) is 6.10 Å². The predicted molar refractivity (Wildman–Crippen MR) is 105 cm³/mol. The van der Waals surface area contributed by atoms with E-state index in [2.05, 4.69) is 10.6 Å². The van der Waals surface area contributed by atoms with Gasteiger partial charge in [-0.05, 0) is 74.9 Å². The third-order valence-electron chi connectivity index (χ3n) is 5.06. The average molecular weight is 364 g/mol. The minimum atomic E-state index is -0.187. The summed E-state index contributed by atoms with van der Waals surface area (Å²) in [6, 6.07) is 14.5. The second kappa shape index (κ2) is 7.82. The van der Waals surface area contributed by atoms with Crippen molar-refractivity contribution in [2.75, 3.05) is 10.6 Å². The molecule has 2 N–H and O–H groups in total. The monoisotopic (exact) mass is 364 g/mol. The number of amides is 2. The van der Waals surface area contributed by atoms with Gasteiger partial charge in [-0.3, -0.25) is 9.59 Å². The maximum absolute atomic E-state index is 12.5. The first-order chi connectivity index (χ1) is 13.2. The lowest BCUT2D eigenvalue weighted by Gasteiger charge is -2.14. The van der Waals surface area contributed by atoms with E-state index in [1.54, 1.807) is 24.3 Å². The van der Waals surface area contributed by atoms with Crippen LogP contribution in [0, 0.1) is 5.92 Å². The van der Waals surface area contributed by atoms with E-state index in [1.807, 2.05) is 24.3 Å². The lowest BCUT2D eigenvalue weighted by molar-refractivity contribution is -0.117. The number of hydrogen-bond donors (Lipinski definition) is 2. The quantitative estimate of drug-likeness (QED) is 0.787. The standard InChI is InChI=1S/C22H24N2O3/c25-21(15-8-9-15)23-17-12-10-16(11-13-17)22(26)24-18-4-3-7-20(14-18)27-19-5-1-2-6-19/h3-4,7,10-15,19H,1-2,5-6,8-9H2,(H,23,25)(H,24,26). The van der Waals surface area contributed by atoms with E-state index in [0.717, 1.165) is 37.1 Å². The Morgan fingerprint density at radius 3 is 2.30 bits per heavy atom. The Morgan fingerprint density at radius 2 is 1.59 bits per heavy atom. The average Bonchev–Trinajstić information content (AvgIpc) is 3.41. The van der Waals surface area contributed by atoms with Crippen molar-refractivity contribution in [2.45, 2.75) is 44.6 Å².